The summed E-state index contributed by atoms with van der Waals surface area (Å²) < 4.78 is 13.1. The van der Waals surface area contributed by atoms with E-state index in [0.29, 0.717) is 5.56 Å². The molecule has 4 nitrogen and oxygen atoms in total. The average Bonchev–Trinajstić information content (AvgIpc) is 3.02. The highest BCUT2D eigenvalue weighted by atomic mass is 31.0. The van der Waals surface area contributed by atoms with Crippen molar-refractivity contribution in [2.75, 3.05) is 7.11 Å². The summed E-state index contributed by atoms with van der Waals surface area (Å²) in [5.41, 5.74) is 3.73. The summed E-state index contributed by atoms with van der Waals surface area (Å²) in [5.74, 6) is -0.960. The highest BCUT2D eigenvalue weighted by Crippen LogP contribution is 2.35. The van der Waals surface area contributed by atoms with Crippen molar-refractivity contribution in [3.05, 3.63) is 34.4 Å². The third kappa shape index (κ3) is 4.48. The highest BCUT2D eigenvalue weighted by molar-refractivity contribution is 7.00. The van der Waals surface area contributed by atoms with Gasteiger partial charge in [-0.05, 0) is 50.7 Å². The molecule has 0 saturated heterocycles. The standard InChI is InChI=1S/C18H24O3.H2OP/c1-11-9-12(2)15(13(3)10-11)17(19)16(18(20)21-4)14-7-5-6-8-14;1-2/h9-10,14,16H,5-8H2,1-4H3;2H2/q;+1. The molecule has 0 heterocycles. The lowest BCUT2D eigenvalue weighted by atomic mass is 9.82. The average molecular weight is 337 g/mol. The van der Waals surface area contributed by atoms with E-state index in [1.165, 1.54) is 16.2 Å². The fourth-order valence-electron chi connectivity index (χ4n) is 3.66. The Balaban J connectivity index is 0.00000127. The van der Waals surface area contributed by atoms with E-state index in [4.69, 9.17) is 9.30 Å². The first-order valence-electron chi connectivity index (χ1n) is 7.89. The van der Waals surface area contributed by atoms with E-state index in [1.807, 2.05) is 32.9 Å². The van der Waals surface area contributed by atoms with E-state index in [0.717, 1.165) is 42.4 Å². The number of carbonyl (C=O) groups is 2. The molecule has 0 amide bonds. The molecule has 0 N–H and O–H groups in total. The van der Waals surface area contributed by atoms with Gasteiger partial charge in [-0.2, -0.15) is 0 Å². The maximum absolute atomic E-state index is 13.0. The largest absolute Gasteiger partial charge is 0.468 e. The van der Waals surface area contributed by atoms with Crippen LogP contribution in [0.15, 0.2) is 12.1 Å². The van der Waals surface area contributed by atoms with Gasteiger partial charge in [0.15, 0.2) is 5.78 Å². The second-order valence-electron chi connectivity index (χ2n) is 6.18. The number of esters is 1. The lowest BCUT2D eigenvalue weighted by Crippen LogP contribution is -2.32. The van der Waals surface area contributed by atoms with E-state index in [-0.39, 0.29) is 17.7 Å². The minimum absolute atomic E-state index is 0.0660. The van der Waals surface area contributed by atoms with Crippen molar-refractivity contribution in [1.29, 1.82) is 0 Å². The van der Waals surface area contributed by atoms with E-state index in [2.05, 4.69) is 0 Å². The lowest BCUT2D eigenvalue weighted by molar-refractivity contribution is -0.145. The van der Waals surface area contributed by atoms with Gasteiger partial charge in [0.1, 0.15) is 5.92 Å². The highest BCUT2D eigenvalue weighted by Gasteiger charge is 2.38. The summed E-state index contributed by atoms with van der Waals surface area (Å²) in [6, 6.07) is 4.01. The van der Waals surface area contributed by atoms with Crippen LogP contribution in [-0.4, -0.2) is 18.9 Å². The fourth-order valence-corrected chi connectivity index (χ4v) is 3.66. The minimum Gasteiger partial charge on any atom is -0.468 e. The summed E-state index contributed by atoms with van der Waals surface area (Å²) >= 11 is 0. The number of rotatable bonds is 4. The van der Waals surface area contributed by atoms with Gasteiger partial charge in [0.25, 0.3) is 0 Å². The molecule has 23 heavy (non-hydrogen) atoms. The van der Waals surface area contributed by atoms with Gasteiger partial charge in [0.05, 0.1) is 7.11 Å². The van der Waals surface area contributed by atoms with Crippen LogP contribution < -0.4 is 0 Å². The molecule has 5 heteroatoms. The Hall–Kier alpha value is -1.54. The topological polar surface area (TPSA) is 60.4 Å². The second-order valence-corrected chi connectivity index (χ2v) is 6.18. The number of methoxy groups -OCH3 is 1. The summed E-state index contributed by atoms with van der Waals surface area (Å²) in [6.07, 6.45) is 4.07. The zero-order chi connectivity index (χ0) is 17.6. The maximum atomic E-state index is 13.0. The van der Waals surface area contributed by atoms with Gasteiger partial charge in [0, 0.05) is 5.56 Å². The van der Waals surface area contributed by atoms with Crippen LogP contribution in [-0.2, 0) is 14.1 Å². The fraction of sp³-hybridized carbons (Fsp3) is 0.556. The van der Waals surface area contributed by atoms with Crippen molar-refractivity contribution in [1.82, 2.24) is 0 Å². The van der Waals surface area contributed by atoms with Crippen LogP contribution in [0.1, 0.15) is 52.7 Å². The molecule has 126 valence electrons. The van der Waals surface area contributed by atoms with Crippen LogP contribution in [0.25, 0.3) is 0 Å². The molecule has 1 aromatic carbocycles. The number of ether oxygens (including phenoxy) is 1. The molecule has 0 aliphatic heterocycles. The molecule has 0 aromatic heterocycles. The zero-order valence-electron chi connectivity index (χ0n) is 14.3. The van der Waals surface area contributed by atoms with Gasteiger partial charge in [-0.3, -0.25) is 9.59 Å². The van der Waals surface area contributed by atoms with Crippen LogP contribution in [0.4, 0.5) is 0 Å². The van der Waals surface area contributed by atoms with E-state index >= 15 is 0 Å². The molecule has 2 unspecified atom stereocenters. The van der Waals surface area contributed by atoms with Crippen molar-refractivity contribution in [3.63, 3.8) is 0 Å². The molecular formula is C18H26O4P+. The molecule has 0 bridgehead atoms. The first-order chi connectivity index (χ1) is 11.0. The molecular weight excluding hydrogens is 311 g/mol. The number of hydrogen-bond donors (Lipinski definition) is 0. The smallest absolute Gasteiger partial charge is 0.316 e. The van der Waals surface area contributed by atoms with Gasteiger partial charge in [-0.25, -0.2) is 0 Å². The first-order valence-corrected chi connectivity index (χ1v) is 8.36. The Morgan fingerprint density at radius 2 is 1.57 bits per heavy atom. The van der Waals surface area contributed by atoms with E-state index in [1.54, 1.807) is 0 Å². The van der Waals surface area contributed by atoms with Gasteiger partial charge < -0.3 is 4.74 Å². The molecule has 1 fully saturated rings. The van der Waals surface area contributed by atoms with Crippen molar-refractivity contribution in [3.8, 4) is 0 Å². The number of ketones is 1. The SMILES string of the molecule is COC(=O)C(C(=O)c1c(C)cc(C)cc1C)C1CCCC1.O=[PH2+]. The van der Waals surface area contributed by atoms with Crippen LogP contribution >= 0.6 is 9.12 Å². The van der Waals surface area contributed by atoms with Crippen molar-refractivity contribution in [2.24, 2.45) is 11.8 Å². The van der Waals surface area contributed by atoms with Crippen molar-refractivity contribution in [2.45, 2.75) is 46.5 Å². The van der Waals surface area contributed by atoms with Crippen LogP contribution in [0.5, 0.6) is 0 Å². The van der Waals surface area contributed by atoms with Gasteiger partial charge in [-0.15, -0.1) is 0 Å². The molecule has 1 aliphatic carbocycles. The van der Waals surface area contributed by atoms with Crippen molar-refractivity contribution >= 4 is 20.9 Å². The zero-order valence-corrected chi connectivity index (χ0v) is 15.5. The Morgan fingerprint density at radius 3 is 2.00 bits per heavy atom. The molecule has 1 saturated carbocycles. The molecule has 0 spiro atoms. The molecule has 0 radical (unpaired) electrons. The van der Waals surface area contributed by atoms with Gasteiger partial charge >= 0.3 is 15.1 Å². The molecule has 2 rings (SSSR count). The third-order valence-corrected chi connectivity index (χ3v) is 4.53. The number of carbonyl (C=O) groups excluding carboxylic acids is 2. The summed E-state index contributed by atoms with van der Waals surface area (Å²) in [7, 11) is 2.53. The van der Waals surface area contributed by atoms with Gasteiger partial charge in [-0.1, -0.05) is 35.1 Å². The Kier molecular flexibility index (Phi) is 7.57. The Bertz CT molecular complexity index is 553. The molecule has 1 aliphatic rings. The predicted molar refractivity (Wildman–Crippen MR) is 92.8 cm³/mol. The monoisotopic (exact) mass is 337 g/mol. The Labute approximate surface area is 140 Å². The minimum atomic E-state index is -0.641. The maximum Gasteiger partial charge on any atom is 0.316 e. The summed E-state index contributed by atoms with van der Waals surface area (Å²) in [5, 5.41) is 0. The second kappa shape index (κ2) is 8.93. The Morgan fingerprint density at radius 1 is 1.09 bits per heavy atom. The molecule has 1 aromatic rings. The number of benzene rings is 1. The first kappa shape index (κ1) is 19.5. The third-order valence-electron chi connectivity index (χ3n) is 4.53. The van der Waals surface area contributed by atoms with Crippen LogP contribution in [0.3, 0.4) is 0 Å². The van der Waals surface area contributed by atoms with Crippen LogP contribution in [0, 0.1) is 32.6 Å². The summed E-state index contributed by atoms with van der Waals surface area (Å²) in [6.45, 7) is 5.90. The van der Waals surface area contributed by atoms with Gasteiger partial charge in [0.2, 0.25) is 0 Å². The van der Waals surface area contributed by atoms with Crippen molar-refractivity contribution < 1.29 is 18.9 Å². The predicted octanol–water partition coefficient (Wildman–Crippen LogP) is 3.98. The molecule has 2 atom stereocenters. The normalized spacial score (nSPS) is 15.5. The number of Topliss-reactive ketones (excluding diaryl/α,β-unsaturated/α-hetero) is 1. The van der Waals surface area contributed by atoms with Crippen LogP contribution in [0.2, 0.25) is 0 Å². The number of aryl methyl sites for hydroxylation is 3. The van der Waals surface area contributed by atoms with E-state index in [9.17, 15) is 9.59 Å². The quantitative estimate of drug-likeness (QED) is 0.361. The lowest BCUT2D eigenvalue weighted by Gasteiger charge is -2.22. The number of hydrogen-bond acceptors (Lipinski definition) is 4. The van der Waals surface area contributed by atoms with E-state index < -0.39 is 5.92 Å². The summed E-state index contributed by atoms with van der Waals surface area (Å²) in [4.78, 5) is 25.1.